The number of amides is 1. The molecule has 4 rings (SSSR count). The Balaban J connectivity index is 1.32. The van der Waals surface area contributed by atoms with Crippen molar-refractivity contribution >= 4 is 11.7 Å². The number of benzene rings is 1. The average molecular weight is 444 g/mol. The van der Waals surface area contributed by atoms with Crippen LogP contribution in [0.4, 0.5) is 19.0 Å². The monoisotopic (exact) mass is 444 g/mol. The maximum Gasteiger partial charge on any atom is 0.416 e. The van der Waals surface area contributed by atoms with Crippen molar-refractivity contribution in [1.82, 2.24) is 24.9 Å². The summed E-state index contributed by atoms with van der Waals surface area (Å²) in [4.78, 5) is 16.4. The first kappa shape index (κ1) is 21.8. The summed E-state index contributed by atoms with van der Waals surface area (Å²) >= 11 is 0. The lowest BCUT2D eigenvalue weighted by molar-refractivity contribution is -0.137. The number of anilines is 1. The Bertz CT molecular complexity index is 1080. The molecular formula is C22H23F3N6O. The molecule has 1 aliphatic rings. The van der Waals surface area contributed by atoms with Gasteiger partial charge in [-0.25, -0.2) is 4.68 Å². The molecule has 0 bridgehead atoms. The van der Waals surface area contributed by atoms with Gasteiger partial charge < -0.3 is 9.80 Å². The maximum atomic E-state index is 12.7. The van der Waals surface area contributed by atoms with E-state index < -0.39 is 11.7 Å². The summed E-state index contributed by atoms with van der Waals surface area (Å²) in [6, 6.07) is 10.5. The number of rotatable bonds is 4. The number of nitrogens with zero attached hydrogens (tertiary/aromatic N) is 6. The zero-order chi connectivity index (χ0) is 22.9. The zero-order valence-corrected chi connectivity index (χ0v) is 17.8. The molecule has 0 spiro atoms. The van der Waals surface area contributed by atoms with Crippen LogP contribution in [-0.4, -0.2) is 57.0 Å². The van der Waals surface area contributed by atoms with Crippen LogP contribution in [0.2, 0.25) is 0 Å². The summed E-state index contributed by atoms with van der Waals surface area (Å²) in [5.74, 6) is 1.27. The quantitative estimate of drug-likeness (QED) is 0.618. The first-order valence-corrected chi connectivity index (χ1v) is 10.3. The molecule has 3 heterocycles. The van der Waals surface area contributed by atoms with Crippen LogP contribution in [0.3, 0.4) is 0 Å². The Labute approximate surface area is 183 Å². The van der Waals surface area contributed by atoms with Gasteiger partial charge in [-0.15, -0.1) is 10.2 Å². The van der Waals surface area contributed by atoms with Gasteiger partial charge >= 0.3 is 6.18 Å². The van der Waals surface area contributed by atoms with Gasteiger partial charge in [-0.3, -0.25) is 4.79 Å². The summed E-state index contributed by atoms with van der Waals surface area (Å²) < 4.78 is 39.8. The fourth-order valence-electron chi connectivity index (χ4n) is 3.74. The number of hydrogen-bond acceptors (Lipinski definition) is 5. The Hall–Kier alpha value is -3.43. The van der Waals surface area contributed by atoms with Gasteiger partial charge in [0.1, 0.15) is 0 Å². The standard InChI is InChI=1S/C22H23F3N6O/c1-15-13-16(2)31(28-15)20-8-7-19(26-27-20)29-9-11-30(12-10-29)21(32)14-17-3-5-18(6-4-17)22(23,24)25/h3-8,13H,9-12,14H2,1-2H3. The molecule has 0 radical (unpaired) electrons. The van der Waals surface area contributed by atoms with Crippen LogP contribution in [0.25, 0.3) is 5.82 Å². The lowest BCUT2D eigenvalue weighted by Gasteiger charge is -2.35. The van der Waals surface area contributed by atoms with Gasteiger partial charge in [-0.2, -0.15) is 18.3 Å². The molecule has 32 heavy (non-hydrogen) atoms. The van der Waals surface area contributed by atoms with E-state index in [1.54, 1.807) is 9.58 Å². The van der Waals surface area contributed by atoms with Crippen molar-refractivity contribution in [2.24, 2.45) is 0 Å². The predicted molar refractivity (Wildman–Crippen MR) is 113 cm³/mol. The molecule has 1 fully saturated rings. The van der Waals surface area contributed by atoms with Crippen LogP contribution in [0, 0.1) is 13.8 Å². The Kier molecular flexibility index (Phi) is 5.86. The summed E-state index contributed by atoms with van der Waals surface area (Å²) in [5, 5.41) is 13.0. The minimum absolute atomic E-state index is 0.0786. The van der Waals surface area contributed by atoms with E-state index in [1.165, 1.54) is 12.1 Å². The molecule has 0 aliphatic carbocycles. The molecule has 1 amide bonds. The molecule has 168 valence electrons. The van der Waals surface area contributed by atoms with E-state index in [0.717, 1.165) is 29.3 Å². The van der Waals surface area contributed by atoms with E-state index in [4.69, 9.17) is 0 Å². The van der Waals surface area contributed by atoms with Crippen LogP contribution in [0.5, 0.6) is 0 Å². The molecule has 0 unspecified atom stereocenters. The number of carbonyl (C=O) groups excluding carboxylic acids is 1. The molecule has 0 saturated carbocycles. The second kappa shape index (κ2) is 8.60. The van der Waals surface area contributed by atoms with Gasteiger partial charge in [0.15, 0.2) is 11.6 Å². The van der Waals surface area contributed by atoms with Crippen molar-refractivity contribution < 1.29 is 18.0 Å². The second-order valence-corrected chi connectivity index (χ2v) is 7.83. The van der Waals surface area contributed by atoms with Gasteiger partial charge in [0.2, 0.25) is 5.91 Å². The SMILES string of the molecule is Cc1cc(C)n(-c2ccc(N3CCN(C(=O)Cc4ccc(C(F)(F)F)cc4)CC3)nn2)n1. The average Bonchev–Trinajstić information content (AvgIpc) is 3.11. The summed E-state index contributed by atoms with van der Waals surface area (Å²) in [6.07, 6.45) is -4.30. The van der Waals surface area contributed by atoms with Crippen molar-refractivity contribution in [3.8, 4) is 5.82 Å². The molecular weight excluding hydrogens is 421 g/mol. The number of aromatic nitrogens is 4. The molecule has 0 atom stereocenters. The van der Waals surface area contributed by atoms with Crippen molar-refractivity contribution in [3.05, 3.63) is 65.0 Å². The van der Waals surface area contributed by atoms with E-state index in [-0.39, 0.29) is 12.3 Å². The van der Waals surface area contributed by atoms with E-state index >= 15 is 0 Å². The number of hydrogen-bond donors (Lipinski definition) is 0. The summed E-state index contributed by atoms with van der Waals surface area (Å²) in [5.41, 5.74) is 1.73. The predicted octanol–water partition coefficient (Wildman–Crippen LogP) is 3.19. The maximum absolute atomic E-state index is 12.7. The van der Waals surface area contributed by atoms with E-state index in [1.807, 2.05) is 32.0 Å². The minimum Gasteiger partial charge on any atom is -0.352 e. The molecule has 0 N–H and O–H groups in total. The highest BCUT2D eigenvalue weighted by Gasteiger charge is 2.30. The third-order valence-electron chi connectivity index (χ3n) is 5.46. The van der Waals surface area contributed by atoms with Crippen LogP contribution in [-0.2, 0) is 17.4 Å². The van der Waals surface area contributed by atoms with Crippen LogP contribution < -0.4 is 4.90 Å². The first-order valence-electron chi connectivity index (χ1n) is 10.3. The minimum atomic E-state index is -4.38. The van der Waals surface area contributed by atoms with Gasteiger partial charge in [-0.1, -0.05) is 12.1 Å². The largest absolute Gasteiger partial charge is 0.416 e. The van der Waals surface area contributed by atoms with Gasteiger partial charge in [-0.05, 0) is 49.7 Å². The highest BCUT2D eigenvalue weighted by molar-refractivity contribution is 5.79. The Morgan fingerprint density at radius 1 is 0.938 bits per heavy atom. The molecule has 1 aromatic carbocycles. The molecule has 2 aromatic heterocycles. The summed E-state index contributed by atoms with van der Waals surface area (Å²) in [7, 11) is 0. The lowest BCUT2D eigenvalue weighted by Crippen LogP contribution is -2.49. The van der Waals surface area contributed by atoms with Crippen molar-refractivity contribution in [2.75, 3.05) is 31.1 Å². The van der Waals surface area contributed by atoms with Crippen molar-refractivity contribution in [3.63, 3.8) is 0 Å². The summed E-state index contributed by atoms with van der Waals surface area (Å²) in [6.45, 7) is 6.11. The van der Waals surface area contributed by atoms with Gasteiger partial charge in [0, 0.05) is 31.9 Å². The number of alkyl halides is 3. The van der Waals surface area contributed by atoms with Crippen LogP contribution in [0.15, 0.2) is 42.5 Å². The first-order chi connectivity index (χ1) is 15.2. The van der Waals surface area contributed by atoms with E-state index in [2.05, 4.69) is 20.2 Å². The molecule has 1 saturated heterocycles. The topological polar surface area (TPSA) is 67.2 Å². The fraction of sp³-hybridized carbons (Fsp3) is 0.364. The van der Waals surface area contributed by atoms with Crippen LogP contribution >= 0.6 is 0 Å². The third kappa shape index (κ3) is 4.74. The molecule has 10 heteroatoms. The molecule has 7 nitrogen and oxygen atoms in total. The van der Waals surface area contributed by atoms with Gasteiger partial charge in [0.25, 0.3) is 0 Å². The highest BCUT2D eigenvalue weighted by Crippen LogP contribution is 2.29. The van der Waals surface area contributed by atoms with Crippen molar-refractivity contribution in [1.29, 1.82) is 0 Å². The molecule has 3 aromatic rings. The lowest BCUT2D eigenvalue weighted by atomic mass is 10.1. The Morgan fingerprint density at radius 3 is 2.09 bits per heavy atom. The van der Waals surface area contributed by atoms with Crippen molar-refractivity contribution in [2.45, 2.75) is 26.4 Å². The number of aryl methyl sites for hydroxylation is 2. The van der Waals surface area contributed by atoms with E-state index in [9.17, 15) is 18.0 Å². The second-order valence-electron chi connectivity index (χ2n) is 7.83. The Morgan fingerprint density at radius 2 is 1.56 bits per heavy atom. The van der Waals surface area contributed by atoms with E-state index in [0.29, 0.717) is 37.6 Å². The van der Waals surface area contributed by atoms with Crippen LogP contribution in [0.1, 0.15) is 22.5 Å². The smallest absolute Gasteiger partial charge is 0.352 e. The normalized spacial score (nSPS) is 14.7. The number of piperazine rings is 1. The fourth-order valence-corrected chi connectivity index (χ4v) is 3.74. The zero-order valence-electron chi connectivity index (χ0n) is 17.8. The van der Waals surface area contributed by atoms with Gasteiger partial charge in [0.05, 0.1) is 17.7 Å². The number of carbonyl (C=O) groups is 1. The number of halogens is 3. The highest BCUT2D eigenvalue weighted by atomic mass is 19.4. The third-order valence-corrected chi connectivity index (χ3v) is 5.46. The molecule has 1 aliphatic heterocycles.